The van der Waals surface area contributed by atoms with Crippen molar-refractivity contribution in [1.29, 1.82) is 0 Å². The van der Waals surface area contributed by atoms with E-state index < -0.39 is 6.10 Å². The summed E-state index contributed by atoms with van der Waals surface area (Å²) in [5.74, 6) is 2.45. The van der Waals surface area contributed by atoms with E-state index in [1.165, 1.54) is 11.1 Å². The fourth-order valence-corrected chi connectivity index (χ4v) is 4.59. The van der Waals surface area contributed by atoms with Gasteiger partial charge in [-0.1, -0.05) is 37.2 Å². The molecule has 35 heavy (non-hydrogen) atoms. The van der Waals surface area contributed by atoms with Crippen LogP contribution in [0.2, 0.25) is 0 Å². The zero-order valence-electron chi connectivity index (χ0n) is 21.1. The number of hydrogen-bond acceptors (Lipinski definition) is 7. The Morgan fingerprint density at radius 1 is 1.20 bits per heavy atom. The Balaban J connectivity index is 1.20. The number of carbonyl (C=O) groups is 1. The zero-order chi connectivity index (χ0) is 24.8. The van der Waals surface area contributed by atoms with Gasteiger partial charge >= 0.3 is 6.01 Å². The van der Waals surface area contributed by atoms with Gasteiger partial charge in [0.1, 0.15) is 5.75 Å². The lowest BCUT2D eigenvalue weighted by Gasteiger charge is -2.30. The molecule has 2 aromatic rings. The van der Waals surface area contributed by atoms with Crippen molar-refractivity contribution in [2.45, 2.75) is 64.9 Å². The molecule has 190 valence electrons. The standard InChI is InChI=1S/C27H38N4O4/c1-18(2)25-29-27(35-30-25)31-14-12-20(13-15-31)17-34-24-10-8-22(9-11-24)21-4-6-23(7-5-21)26(33)28-16-19(3)32/h4,8-11,18-20,23,32H,5-7,12-17H2,1-3H3,(H,28,33)/t19-,23?/m1/s1. The maximum absolute atomic E-state index is 12.2. The Bertz CT molecular complexity index is 991. The topological polar surface area (TPSA) is 101 Å². The number of piperidine rings is 1. The molecule has 4 rings (SSSR count). The van der Waals surface area contributed by atoms with Crippen LogP contribution in [0.5, 0.6) is 5.75 Å². The number of ether oxygens (including phenoxy) is 1. The highest BCUT2D eigenvalue weighted by Gasteiger charge is 2.24. The number of amides is 1. The van der Waals surface area contributed by atoms with Crippen LogP contribution in [0.25, 0.3) is 5.57 Å². The molecule has 1 amide bonds. The molecule has 0 radical (unpaired) electrons. The molecule has 1 saturated heterocycles. The molecule has 8 nitrogen and oxygen atoms in total. The van der Waals surface area contributed by atoms with Gasteiger partial charge in [-0.25, -0.2) is 0 Å². The summed E-state index contributed by atoms with van der Waals surface area (Å²) in [4.78, 5) is 18.9. The summed E-state index contributed by atoms with van der Waals surface area (Å²) in [7, 11) is 0. The van der Waals surface area contributed by atoms with Crippen LogP contribution in [0.1, 0.15) is 70.2 Å². The Morgan fingerprint density at radius 3 is 2.54 bits per heavy atom. The quantitative estimate of drug-likeness (QED) is 0.553. The smallest absolute Gasteiger partial charge is 0.324 e. The molecule has 1 fully saturated rings. The van der Waals surface area contributed by atoms with E-state index in [1.807, 2.05) is 12.1 Å². The van der Waals surface area contributed by atoms with Crippen molar-refractivity contribution in [3.63, 3.8) is 0 Å². The molecular formula is C27H38N4O4. The van der Waals surface area contributed by atoms with Crippen LogP contribution in [-0.2, 0) is 4.79 Å². The monoisotopic (exact) mass is 482 g/mol. The number of carbonyl (C=O) groups excluding carboxylic acids is 1. The lowest BCUT2D eigenvalue weighted by atomic mass is 9.86. The van der Waals surface area contributed by atoms with Gasteiger partial charge in [0.2, 0.25) is 5.91 Å². The van der Waals surface area contributed by atoms with Crippen LogP contribution in [0.3, 0.4) is 0 Å². The predicted molar refractivity (Wildman–Crippen MR) is 135 cm³/mol. The number of hydrogen-bond donors (Lipinski definition) is 2. The fraction of sp³-hybridized carbons (Fsp3) is 0.593. The van der Waals surface area contributed by atoms with Crippen LogP contribution >= 0.6 is 0 Å². The summed E-state index contributed by atoms with van der Waals surface area (Å²) in [5, 5.41) is 16.2. The Kier molecular flexibility index (Phi) is 8.44. The van der Waals surface area contributed by atoms with Crippen molar-refractivity contribution in [3.05, 3.63) is 41.7 Å². The largest absolute Gasteiger partial charge is 0.493 e. The number of aliphatic hydroxyl groups is 1. The normalized spacial score (nSPS) is 20.0. The first-order chi connectivity index (χ1) is 16.9. The van der Waals surface area contributed by atoms with Crippen molar-refractivity contribution in [2.75, 3.05) is 31.1 Å². The van der Waals surface area contributed by atoms with Crippen molar-refractivity contribution >= 4 is 17.5 Å². The average molecular weight is 483 g/mol. The van der Waals surface area contributed by atoms with Gasteiger partial charge in [0, 0.05) is 31.5 Å². The number of nitrogens with zero attached hydrogens (tertiary/aromatic N) is 3. The minimum absolute atomic E-state index is 0.0105. The summed E-state index contributed by atoms with van der Waals surface area (Å²) in [5.41, 5.74) is 2.47. The van der Waals surface area contributed by atoms with E-state index in [0.717, 1.165) is 56.8 Å². The van der Waals surface area contributed by atoms with Gasteiger partial charge < -0.3 is 24.6 Å². The molecule has 2 N–H and O–H groups in total. The maximum atomic E-state index is 12.2. The van der Waals surface area contributed by atoms with Gasteiger partial charge in [-0.15, -0.1) is 0 Å². The number of nitrogens with one attached hydrogen (secondary N) is 1. The lowest BCUT2D eigenvalue weighted by Crippen LogP contribution is -2.35. The molecule has 0 saturated carbocycles. The van der Waals surface area contributed by atoms with E-state index in [9.17, 15) is 9.90 Å². The Hall–Kier alpha value is -2.87. The second-order valence-electron chi connectivity index (χ2n) is 10.2. The molecule has 1 aliphatic carbocycles. The highest BCUT2D eigenvalue weighted by atomic mass is 16.5. The van der Waals surface area contributed by atoms with E-state index in [4.69, 9.17) is 9.26 Å². The zero-order valence-corrected chi connectivity index (χ0v) is 21.1. The van der Waals surface area contributed by atoms with Crippen molar-refractivity contribution in [2.24, 2.45) is 11.8 Å². The van der Waals surface area contributed by atoms with Crippen molar-refractivity contribution in [1.82, 2.24) is 15.5 Å². The van der Waals surface area contributed by atoms with E-state index in [-0.39, 0.29) is 17.7 Å². The van der Waals surface area contributed by atoms with Gasteiger partial charge in [-0.05, 0) is 68.2 Å². The predicted octanol–water partition coefficient (Wildman–Crippen LogP) is 4.17. The van der Waals surface area contributed by atoms with E-state index in [1.54, 1.807) is 6.92 Å². The molecule has 0 bridgehead atoms. The summed E-state index contributed by atoms with van der Waals surface area (Å²) in [6.45, 7) is 8.63. The van der Waals surface area contributed by atoms with Crippen LogP contribution in [0, 0.1) is 11.8 Å². The summed E-state index contributed by atoms with van der Waals surface area (Å²) in [6.07, 6.45) is 6.18. The van der Waals surface area contributed by atoms with Crippen LogP contribution in [0.15, 0.2) is 34.9 Å². The third-order valence-corrected chi connectivity index (χ3v) is 6.90. The van der Waals surface area contributed by atoms with Crippen LogP contribution < -0.4 is 15.0 Å². The molecule has 1 aliphatic heterocycles. The van der Waals surface area contributed by atoms with E-state index in [2.05, 4.69) is 52.4 Å². The average Bonchev–Trinajstić information content (AvgIpc) is 3.38. The van der Waals surface area contributed by atoms with Gasteiger partial charge in [-0.3, -0.25) is 4.79 Å². The Morgan fingerprint density at radius 2 is 1.94 bits per heavy atom. The van der Waals surface area contributed by atoms with Gasteiger partial charge in [0.05, 0.1) is 12.7 Å². The van der Waals surface area contributed by atoms with Crippen LogP contribution in [-0.4, -0.2) is 53.5 Å². The molecule has 0 spiro atoms. The van der Waals surface area contributed by atoms with Gasteiger partial charge in [0.25, 0.3) is 0 Å². The molecular weight excluding hydrogens is 444 g/mol. The third-order valence-electron chi connectivity index (χ3n) is 6.90. The first kappa shape index (κ1) is 25.2. The number of rotatable bonds is 9. The highest BCUT2D eigenvalue weighted by molar-refractivity contribution is 5.80. The first-order valence-corrected chi connectivity index (χ1v) is 12.9. The van der Waals surface area contributed by atoms with Gasteiger partial charge in [0.15, 0.2) is 5.82 Å². The van der Waals surface area contributed by atoms with Crippen molar-refractivity contribution in [3.8, 4) is 5.75 Å². The number of benzene rings is 1. The summed E-state index contributed by atoms with van der Waals surface area (Å²) < 4.78 is 11.5. The second kappa shape index (κ2) is 11.7. The van der Waals surface area contributed by atoms with Crippen LogP contribution in [0.4, 0.5) is 6.01 Å². The molecule has 2 aliphatic rings. The minimum atomic E-state index is -0.517. The first-order valence-electron chi connectivity index (χ1n) is 12.9. The maximum Gasteiger partial charge on any atom is 0.324 e. The minimum Gasteiger partial charge on any atom is -0.493 e. The number of aliphatic hydroxyl groups excluding tert-OH is 1. The Labute approximate surface area is 207 Å². The third kappa shape index (κ3) is 6.84. The fourth-order valence-electron chi connectivity index (χ4n) is 4.59. The van der Waals surface area contributed by atoms with Crippen molar-refractivity contribution < 1.29 is 19.2 Å². The SMILES string of the molecule is CC(C)c1noc(N2CCC(COc3ccc(C4=CCC(C(=O)NC[C@@H](C)O)CC4)cc3)CC2)n1. The lowest BCUT2D eigenvalue weighted by molar-refractivity contribution is -0.125. The van der Waals surface area contributed by atoms with Gasteiger partial charge in [-0.2, -0.15) is 4.98 Å². The number of aromatic nitrogens is 2. The second-order valence-corrected chi connectivity index (χ2v) is 10.2. The van der Waals surface area contributed by atoms with E-state index in [0.29, 0.717) is 25.1 Å². The molecule has 1 aromatic carbocycles. The molecule has 8 heteroatoms. The molecule has 2 atom stereocenters. The number of allylic oxidation sites excluding steroid dienone is 2. The summed E-state index contributed by atoms with van der Waals surface area (Å²) >= 11 is 0. The number of anilines is 1. The highest BCUT2D eigenvalue weighted by Crippen LogP contribution is 2.31. The summed E-state index contributed by atoms with van der Waals surface area (Å²) in [6, 6.07) is 8.93. The molecule has 2 heterocycles. The van der Waals surface area contributed by atoms with E-state index >= 15 is 0 Å². The molecule has 1 aromatic heterocycles. The molecule has 1 unspecified atom stereocenters.